The summed E-state index contributed by atoms with van der Waals surface area (Å²) in [5.41, 5.74) is 1.92. The number of anilines is 1. The van der Waals surface area contributed by atoms with Crippen LogP contribution in [-0.2, 0) is 11.2 Å². The van der Waals surface area contributed by atoms with Crippen LogP contribution in [-0.4, -0.2) is 12.0 Å². The first-order valence-electron chi connectivity index (χ1n) is 6.42. The van der Waals surface area contributed by atoms with E-state index in [1.54, 1.807) is 18.2 Å². The van der Waals surface area contributed by atoms with Crippen LogP contribution in [0.15, 0.2) is 46.9 Å². The Bertz CT molecular complexity index is 727. The Morgan fingerprint density at radius 1 is 1.33 bits per heavy atom. The normalized spacial score (nSPS) is 15.7. The second-order valence-electron chi connectivity index (χ2n) is 4.71. The summed E-state index contributed by atoms with van der Waals surface area (Å²) < 4.78 is 6.43. The molecule has 4 nitrogen and oxygen atoms in total. The Kier molecular flexibility index (Phi) is 3.63. The topological polar surface area (TPSA) is 62.1 Å². The molecule has 0 spiro atoms. The number of rotatable bonds is 2. The van der Waals surface area contributed by atoms with Crippen molar-refractivity contribution in [2.45, 2.75) is 12.5 Å². The summed E-state index contributed by atoms with van der Waals surface area (Å²) in [6.45, 7) is 0. The highest BCUT2D eigenvalue weighted by molar-refractivity contribution is 9.10. The van der Waals surface area contributed by atoms with Gasteiger partial charge in [0.2, 0.25) is 0 Å². The standard InChI is InChI=1S/C16H11BrN2O2/c17-12-5-6-13(11(7-12)9-18)19-16(20)15-8-10-3-1-2-4-14(10)21-15/h1-7,15H,8H2,(H,19,20). The van der Waals surface area contributed by atoms with Gasteiger partial charge in [-0.2, -0.15) is 5.26 Å². The molecule has 0 aliphatic carbocycles. The number of para-hydroxylation sites is 1. The van der Waals surface area contributed by atoms with Crippen molar-refractivity contribution in [3.63, 3.8) is 0 Å². The maximum atomic E-state index is 12.3. The molecule has 5 heteroatoms. The van der Waals surface area contributed by atoms with Crippen molar-refractivity contribution in [2.24, 2.45) is 0 Å². The van der Waals surface area contributed by atoms with Gasteiger partial charge in [-0.15, -0.1) is 0 Å². The van der Waals surface area contributed by atoms with E-state index in [-0.39, 0.29) is 5.91 Å². The highest BCUT2D eigenvalue weighted by atomic mass is 79.9. The zero-order valence-corrected chi connectivity index (χ0v) is 12.6. The van der Waals surface area contributed by atoms with Gasteiger partial charge in [0.25, 0.3) is 5.91 Å². The fraction of sp³-hybridized carbons (Fsp3) is 0.125. The van der Waals surface area contributed by atoms with Crippen LogP contribution >= 0.6 is 15.9 Å². The number of hydrogen-bond donors (Lipinski definition) is 1. The number of fused-ring (bicyclic) bond motifs is 1. The average molecular weight is 343 g/mol. The van der Waals surface area contributed by atoms with Crippen molar-refractivity contribution < 1.29 is 9.53 Å². The SMILES string of the molecule is N#Cc1cc(Br)ccc1NC(=O)C1Cc2ccccc2O1. The van der Waals surface area contributed by atoms with Crippen LogP contribution in [0, 0.1) is 11.3 Å². The molecule has 1 unspecified atom stereocenters. The molecule has 0 saturated carbocycles. The number of carbonyl (C=O) groups is 1. The molecule has 104 valence electrons. The molecular formula is C16H11BrN2O2. The Hall–Kier alpha value is -2.32. The van der Waals surface area contributed by atoms with Crippen molar-refractivity contribution >= 4 is 27.5 Å². The van der Waals surface area contributed by atoms with Crippen LogP contribution in [0.3, 0.4) is 0 Å². The van der Waals surface area contributed by atoms with Gasteiger partial charge in [0.05, 0.1) is 11.3 Å². The Labute approximate surface area is 130 Å². The number of carbonyl (C=O) groups excluding carboxylic acids is 1. The minimum absolute atomic E-state index is 0.245. The number of benzene rings is 2. The smallest absolute Gasteiger partial charge is 0.265 e. The molecule has 1 aliphatic rings. The van der Waals surface area contributed by atoms with E-state index in [9.17, 15) is 4.79 Å². The molecule has 0 bridgehead atoms. The van der Waals surface area contributed by atoms with Crippen molar-refractivity contribution in [1.29, 1.82) is 5.26 Å². The second kappa shape index (κ2) is 5.58. The number of nitrogens with one attached hydrogen (secondary N) is 1. The maximum Gasteiger partial charge on any atom is 0.265 e. The Morgan fingerprint density at radius 2 is 2.14 bits per heavy atom. The predicted octanol–water partition coefficient (Wildman–Crippen LogP) is 3.26. The first-order valence-corrected chi connectivity index (χ1v) is 7.22. The third-order valence-corrected chi connectivity index (χ3v) is 3.79. The van der Waals surface area contributed by atoms with Gasteiger partial charge in [-0.1, -0.05) is 34.1 Å². The first-order chi connectivity index (χ1) is 10.2. The van der Waals surface area contributed by atoms with Gasteiger partial charge in [0.1, 0.15) is 11.8 Å². The molecule has 1 atom stereocenters. The molecule has 2 aromatic rings. The van der Waals surface area contributed by atoms with Gasteiger partial charge in [-0.05, 0) is 29.8 Å². The van der Waals surface area contributed by atoms with Gasteiger partial charge in [0.15, 0.2) is 6.10 Å². The molecule has 0 radical (unpaired) electrons. The number of nitriles is 1. The first kappa shape index (κ1) is 13.7. The predicted molar refractivity (Wildman–Crippen MR) is 82.0 cm³/mol. The summed E-state index contributed by atoms with van der Waals surface area (Å²) >= 11 is 3.30. The number of halogens is 1. The minimum Gasteiger partial charge on any atom is -0.480 e. The number of nitrogens with zero attached hydrogens (tertiary/aromatic N) is 1. The molecular weight excluding hydrogens is 332 g/mol. The zero-order chi connectivity index (χ0) is 14.8. The van der Waals surface area contributed by atoms with E-state index in [0.29, 0.717) is 17.7 Å². The summed E-state index contributed by atoms with van der Waals surface area (Å²) in [6.07, 6.45) is -0.0157. The summed E-state index contributed by atoms with van der Waals surface area (Å²) in [5, 5.41) is 11.9. The molecule has 1 amide bonds. The molecule has 0 saturated heterocycles. The number of ether oxygens (including phenoxy) is 1. The fourth-order valence-electron chi connectivity index (χ4n) is 2.26. The lowest BCUT2D eigenvalue weighted by atomic mass is 10.1. The number of hydrogen-bond acceptors (Lipinski definition) is 3. The molecule has 0 aromatic heterocycles. The largest absolute Gasteiger partial charge is 0.480 e. The monoisotopic (exact) mass is 342 g/mol. The van der Waals surface area contributed by atoms with Crippen LogP contribution in [0.2, 0.25) is 0 Å². The van der Waals surface area contributed by atoms with E-state index in [0.717, 1.165) is 15.8 Å². The van der Waals surface area contributed by atoms with Gasteiger partial charge in [-0.3, -0.25) is 4.79 Å². The molecule has 1 N–H and O–H groups in total. The average Bonchev–Trinajstić information content (AvgIpc) is 2.93. The van der Waals surface area contributed by atoms with Crippen molar-refractivity contribution in [2.75, 3.05) is 5.32 Å². The van der Waals surface area contributed by atoms with Crippen LogP contribution in [0.4, 0.5) is 5.69 Å². The van der Waals surface area contributed by atoms with Crippen LogP contribution in [0.1, 0.15) is 11.1 Å². The summed E-state index contributed by atoms with van der Waals surface area (Å²) in [5.74, 6) is 0.499. The molecule has 1 heterocycles. The highest BCUT2D eigenvalue weighted by Crippen LogP contribution is 2.29. The lowest BCUT2D eigenvalue weighted by molar-refractivity contribution is -0.122. The van der Waals surface area contributed by atoms with E-state index >= 15 is 0 Å². The maximum absolute atomic E-state index is 12.3. The molecule has 21 heavy (non-hydrogen) atoms. The van der Waals surface area contributed by atoms with Gasteiger partial charge >= 0.3 is 0 Å². The zero-order valence-electron chi connectivity index (χ0n) is 11.0. The summed E-state index contributed by atoms with van der Waals surface area (Å²) in [6, 6.07) is 14.8. The van der Waals surface area contributed by atoms with Gasteiger partial charge in [-0.25, -0.2) is 0 Å². The highest BCUT2D eigenvalue weighted by Gasteiger charge is 2.29. The lowest BCUT2D eigenvalue weighted by Crippen LogP contribution is -2.31. The van der Waals surface area contributed by atoms with Crippen molar-refractivity contribution in [3.05, 3.63) is 58.1 Å². The van der Waals surface area contributed by atoms with Crippen LogP contribution < -0.4 is 10.1 Å². The van der Waals surface area contributed by atoms with Crippen LogP contribution in [0.25, 0.3) is 0 Å². The summed E-state index contributed by atoms with van der Waals surface area (Å²) in [7, 11) is 0. The van der Waals surface area contributed by atoms with E-state index < -0.39 is 6.10 Å². The number of amides is 1. The third kappa shape index (κ3) is 2.76. The van der Waals surface area contributed by atoms with Crippen molar-refractivity contribution in [3.8, 4) is 11.8 Å². The van der Waals surface area contributed by atoms with E-state index in [2.05, 4.69) is 27.3 Å². The van der Waals surface area contributed by atoms with E-state index in [1.807, 2.05) is 24.3 Å². The van der Waals surface area contributed by atoms with Gasteiger partial charge < -0.3 is 10.1 Å². The molecule has 0 fully saturated rings. The second-order valence-corrected chi connectivity index (χ2v) is 5.62. The minimum atomic E-state index is -0.558. The lowest BCUT2D eigenvalue weighted by Gasteiger charge is -2.12. The molecule has 2 aromatic carbocycles. The van der Waals surface area contributed by atoms with Crippen molar-refractivity contribution in [1.82, 2.24) is 0 Å². The van der Waals surface area contributed by atoms with Gasteiger partial charge in [0, 0.05) is 10.9 Å². The van der Waals surface area contributed by atoms with Crippen LogP contribution in [0.5, 0.6) is 5.75 Å². The molecule has 3 rings (SSSR count). The Balaban J connectivity index is 1.76. The third-order valence-electron chi connectivity index (χ3n) is 3.30. The fourth-order valence-corrected chi connectivity index (χ4v) is 2.62. The van der Waals surface area contributed by atoms with E-state index in [1.165, 1.54) is 0 Å². The quantitative estimate of drug-likeness (QED) is 0.910. The van der Waals surface area contributed by atoms with E-state index in [4.69, 9.17) is 10.00 Å². The Morgan fingerprint density at radius 3 is 2.90 bits per heavy atom. The molecule has 1 aliphatic heterocycles. The summed E-state index contributed by atoms with van der Waals surface area (Å²) in [4.78, 5) is 12.3.